The molecular weight excluding hydrogens is 276 g/mol. The molecule has 0 spiro atoms. The molecule has 4 nitrogen and oxygen atoms in total. The second kappa shape index (κ2) is 5.39. The van der Waals surface area contributed by atoms with E-state index in [1.54, 1.807) is 6.20 Å². The number of nitrogens with zero attached hydrogens (tertiary/aromatic N) is 2. The highest BCUT2D eigenvalue weighted by Crippen LogP contribution is 2.37. The standard InChI is InChI=1S/C15H21F2N3O/c1-10-8-18-13(19-10)12-4-7-20(9-12)14(21)11-2-5-15(16,17)6-3-11/h8,11-12H,2-7,9H2,1H3,(H,18,19)/t12-/m0/s1. The van der Waals surface area contributed by atoms with E-state index < -0.39 is 5.92 Å². The van der Waals surface area contributed by atoms with Gasteiger partial charge in [-0.05, 0) is 26.2 Å². The van der Waals surface area contributed by atoms with Gasteiger partial charge >= 0.3 is 0 Å². The number of imidazole rings is 1. The van der Waals surface area contributed by atoms with Crippen molar-refractivity contribution in [2.45, 2.75) is 50.9 Å². The van der Waals surface area contributed by atoms with Crippen molar-refractivity contribution in [3.05, 3.63) is 17.7 Å². The Bertz CT molecular complexity index is 519. The van der Waals surface area contributed by atoms with E-state index in [4.69, 9.17) is 0 Å². The summed E-state index contributed by atoms with van der Waals surface area (Å²) in [6.07, 6.45) is 3.00. The van der Waals surface area contributed by atoms with E-state index in [-0.39, 0.29) is 30.6 Å². The first-order valence-corrected chi connectivity index (χ1v) is 7.63. The Kier molecular flexibility index (Phi) is 3.71. The highest BCUT2D eigenvalue weighted by molar-refractivity contribution is 5.79. The predicted octanol–water partition coefficient (Wildman–Crippen LogP) is 2.86. The molecule has 1 aromatic rings. The summed E-state index contributed by atoms with van der Waals surface area (Å²) in [6.45, 7) is 3.31. The zero-order chi connectivity index (χ0) is 15.0. The van der Waals surface area contributed by atoms with E-state index >= 15 is 0 Å². The average molecular weight is 297 g/mol. The van der Waals surface area contributed by atoms with Gasteiger partial charge < -0.3 is 9.88 Å². The lowest BCUT2D eigenvalue weighted by atomic mass is 9.86. The molecule has 1 atom stereocenters. The second-order valence-corrected chi connectivity index (χ2v) is 6.35. The number of halogens is 2. The molecule has 2 aliphatic rings. The summed E-state index contributed by atoms with van der Waals surface area (Å²) in [6, 6.07) is 0. The number of likely N-dealkylation sites (tertiary alicyclic amines) is 1. The normalized spacial score (nSPS) is 26.2. The minimum absolute atomic E-state index is 0.0521. The Morgan fingerprint density at radius 2 is 2.10 bits per heavy atom. The first-order chi connectivity index (χ1) is 9.94. The largest absolute Gasteiger partial charge is 0.346 e. The van der Waals surface area contributed by atoms with Crippen LogP contribution in [0.1, 0.15) is 49.5 Å². The van der Waals surface area contributed by atoms with Crippen LogP contribution in [-0.4, -0.2) is 39.8 Å². The first-order valence-electron chi connectivity index (χ1n) is 7.63. The van der Waals surface area contributed by atoms with Crippen molar-refractivity contribution in [3.63, 3.8) is 0 Å². The molecular formula is C15H21F2N3O. The number of carbonyl (C=O) groups excluding carboxylic acids is 1. The van der Waals surface area contributed by atoms with Gasteiger partial charge in [-0.25, -0.2) is 13.8 Å². The highest BCUT2D eigenvalue weighted by Gasteiger charge is 2.40. The fourth-order valence-corrected chi connectivity index (χ4v) is 3.37. The highest BCUT2D eigenvalue weighted by atomic mass is 19.3. The molecule has 1 aromatic heterocycles. The molecule has 0 aromatic carbocycles. The van der Waals surface area contributed by atoms with Gasteiger partial charge in [0.05, 0.1) is 0 Å². The monoisotopic (exact) mass is 297 g/mol. The van der Waals surface area contributed by atoms with Crippen LogP contribution in [0, 0.1) is 12.8 Å². The third-order valence-electron chi connectivity index (χ3n) is 4.68. The number of alkyl halides is 2. The van der Waals surface area contributed by atoms with Crippen molar-refractivity contribution in [2.75, 3.05) is 13.1 Å². The number of H-pyrrole nitrogens is 1. The SMILES string of the molecule is Cc1cnc([C@H]2CCN(C(=O)C3CCC(F)(F)CC3)C2)[nH]1. The van der Waals surface area contributed by atoms with Crippen molar-refractivity contribution < 1.29 is 13.6 Å². The molecule has 0 radical (unpaired) electrons. The van der Waals surface area contributed by atoms with Crippen molar-refractivity contribution in [2.24, 2.45) is 5.92 Å². The van der Waals surface area contributed by atoms with Gasteiger partial charge in [0, 0.05) is 49.7 Å². The van der Waals surface area contributed by atoms with Gasteiger partial charge in [0.25, 0.3) is 0 Å². The zero-order valence-electron chi connectivity index (χ0n) is 12.2. The molecule has 0 bridgehead atoms. The minimum Gasteiger partial charge on any atom is -0.346 e. The lowest BCUT2D eigenvalue weighted by molar-refractivity contribution is -0.138. The van der Waals surface area contributed by atoms with Crippen LogP contribution in [0.5, 0.6) is 0 Å². The van der Waals surface area contributed by atoms with Crippen LogP contribution in [0.25, 0.3) is 0 Å². The number of nitrogens with one attached hydrogen (secondary N) is 1. The number of hydrogen-bond donors (Lipinski definition) is 1. The van der Waals surface area contributed by atoms with Gasteiger partial charge in [-0.15, -0.1) is 0 Å². The van der Waals surface area contributed by atoms with Crippen molar-refractivity contribution >= 4 is 5.91 Å². The number of aryl methyl sites for hydroxylation is 1. The van der Waals surface area contributed by atoms with Crippen molar-refractivity contribution in [3.8, 4) is 0 Å². The predicted molar refractivity (Wildman–Crippen MR) is 74.2 cm³/mol. The number of rotatable bonds is 2. The van der Waals surface area contributed by atoms with Crippen LogP contribution in [0.2, 0.25) is 0 Å². The number of aromatic amines is 1. The summed E-state index contributed by atoms with van der Waals surface area (Å²) in [5.74, 6) is -1.57. The molecule has 116 valence electrons. The maximum atomic E-state index is 13.2. The Labute approximate surface area is 122 Å². The van der Waals surface area contributed by atoms with Crippen molar-refractivity contribution in [1.29, 1.82) is 0 Å². The molecule has 1 aliphatic heterocycles. The third kappa shape index (κ3) is 3.09. The molecule has 1 N–H and O–H groups in total. The molecule has 0 unspecified atom stereocenters. The molecule has 6 heteroatoms. The molecule has 1 aliphatic carbocycles. The Hall–Kier alpha value is -1.46. The van der Waals surface area contributed by atoms with Crippen LogP contribution in [0.3, 0.4) is 0 Å². The second-order valence-electron chi connectivity index (χ2n) is 6.35. The van der Waals surface area contributed by atoms with Crippen molar-refractivity contribution in [1.82, 2.24) is 14.9 Å². The Morgan fingerprint density at radius 1 is 1.38 bits per heavy atom. The first kappa shape index (κ1) is 14.5. The van der Waals surface area contributed by atoms with Crippen LogP contribution in [-0.2, 0) is 4.79 Å². The Balaban J connectivity index is 1.57. The third-order valence-corrected chi connectivity index (χ3v) is 4.68. The van der Waals surface area contributed by atoms with Crippen LogP contribution in [0.15, 0.2) is 6.20 Å². The molecule has 1 saturated carbocycles. The number of aromatic nitrogens is 2. The summed E-state index contributed by atoms with van der Waals surface area (Å²) < 4.78 is 26.3. The van der Waals surface area contributed by atoms with Gasteiger partial charge in [0.15, 0.2) is 0 Å². The van der Waals surface area contributed by atoms with E-state index in [1.165, 1.54) is 0 Å². The van der Waals surface area contributed by atoms with Crippen LogP contribution < -0.4 is 0 Å². The zero-order valence-corrected chi connectivity index (χ0v) is 12.2. The fourth-order valence-electron chi connectivity index (χ4n) is 3.37. The number of amides is 1. The van der Waals surface area contributed by atoms with Gasteiger partial charge in [0.1, 0.15) is 5.82 Å². The molecule has 1 saturated heterocycles. The quantitative estimate of drug-likeness (QED) is 0.912. The summed E-state index contributed by atoms with van der Waals surface area (Å²) >= 11 is 0. The molecule has 2 fully saturated rings. The molecule has 21 heavy (non-hydrogen) atoms. The molecule has 1 amide bonds. The Morgan fingerprint density at radius 3 is 2.71 bits per heavy atom. The lowest BCUT2D eigenvalue weighted by Crippen LogP contribution is -2.38. The fraction of sp³-hybridized carbons (Fsp3) is 0.733. The maximum absolute atomic E-state index is 13.2. The van der Waals surface area contributed by atoms with E-state index in [0.29, 0.717) is 25.9 Å². The van der Waals surface area contributed by atoms with Gasteiger partial charge in [0.2, 0.25) is 11.8 Å². The van der Waals surface area contributed by atoms with Gasteiger partial charge in [-0.2, -0.15) is 0 Å². The molecule has 2 heterocycles. The minimum atomic E-state index is -2.57. The van der Waals surface area contributed by atoms with Crippen LogP contribution >= 0.6 is 0 Å². The summed E-state index contributed by atoms with van der Waals surface area (Å²) in [5, 5.41) is 0. The topological polar surface area (TPSA) is 49.0 Å². The lowest BCUT2D eigenvalue weighted by Gasteiger charge is -2.30. The van der Waals surface area contributed by atoms with E-state index in [1.807, 2.05) is 11.8 Å². The van der Waals surface area contributed by atoms with Gasteiger partial charge in [-0.1, -0.05) is 0 Å². The van der Waals surface area contributed by atoms with E-state index in [2.05, 4.69) is 9.97 Å². The average Bonchev–Trinajstić information content (AvgIpc) is 3.06. The smallest absolute Gasteiger partial charge is 0.248 e. The summed E-state index contributed by atoms with van der Waals surface area (Å²) in [4.78, 5) is 21.8. The van der Waals surface area contributed by atoms with E-state index in [9.17, 15) is 13.6 Å². The number of hydrogen-bond acceptors (Lipinski definition) is 2. The number of carbonyl (C=O) groups is 1. The van der Waals surface area contributed by atoms with E-state index in [0.717, 1.165) is 17.9 Å². The van der Waals surface area contributed by atoms with Crippen LogP contribution in [0.4, 0.5) is 8.78 Å². The van der Waals surface area contributed by atoms with Gasteiger partial charge in [-0.3, -0.25) is 4.79 Å². The summed E-state index contributed by atoms with van der Waals surface area (Å²) in [7, 11) is 0. The summed E-state index contributed by atoms with van der Waals surface area (Å²) in [5.41, 5.74) is 1.02. The molecule has 3 rings (SSSR count). The maximum Gasteiger partial charge on any atom is 0.248 e.